The highest BCUT2D eigenvalue weighted by Crippen LogP contribution is 2.29. The maximum atomic E-state index is 5.61. The Kier molecular flexibility index (Phi) is 4.88. The highest BCUT2D eigenvalue weighted by molar-refractivity contribution is 5.92. The number of likely N-dealkylation sites (N-methyl/N-ethyl adjacent to an activating group) is 1. The predicted octanol–water partition coefficient (Wildman–Crippen LogP) is 3.80. The average Bonchev–Trinajstić information content (AvgIpc) is 3.15. The van der Waals surface area contributed by atoms with Crippen LogP contribution in [-0.4, -0.2) is 58.2 Å². The molecule has 1 fully saturated rings. The second-order valence-electron chi connectivity index (χ2n) is 7.80. The number of aromatic nitrogens is 4. The predicted molar refractivity (Wildman–Crippen MR) is 117 cm³/mol. The van der Waals surface area contributed by atoms with Crippen molar-refractivity contribution in [3.63, 3.8) is 0 Å². The number of pyridine rings is 2. The molecule has 0 spiro atoms. The van der Waals surface area contributed by atoms with Gasteiger partial charge in [0.15, 0.2) is 0 Å². The van der Waals surface area contributed by atoms with Crippen LogP contribution in [0.3, 0.4) is 0 Å². The Hall–Kier alpha value is -3.32. The molecule has 30 heavy (non-hydrogen) atoms. The highest BCUT2D eigenvalue weighted by Gasteiger charge is 2.17. The van der Waals surface area contributed by atoms with E-state index in [1.807, 2.05) is 55.6 Å². The summed E-state index contributed by atoms with van der Waals surface area (Å²) < 4.78 is 5.61. The van der Waals surface area contributed by atoms with Gasteiger partial charge in [-0.2, -0.15) is 4.98 Å². The standard InChI is InChI=1S/C23H24N6O/c1-16-14-19(18-6-3-4-7-20(18)25-16)23-26-22(27-30-23)17-8-9-21(24-15-17)29-11-5-10-28(2)12-13-29/h3-4,6-9,14-15H,5,10-13H2,1-2H3. The minimum absolute atomic E-state index is 0.492. The molecule has 152 valence electrons. The molecule has 0 aliphatic carbocycles. The van der Waals surface area contributed by atoms with Crippen LogP contribution < -0.4 is 4.90 Å². The van der Waals surface area contributed by atoms with E-state index in [1.54, 1.807) is 0 Å². The largest absolute Gasteiger partial charge is 0.355 e. The molecule has 0 unspecified atom stereocenters. The topological polar surface area (TPSA) is 71.2 Å². The Bertz CT molecular complexity index is 1170. The van der Waals surface area contributed by atoms with Gasteiger partial charge >= 0.3 is 0 Å². The lowest BCUT2D eigenvalue weighted by atomic mass is 10.1. The fourth-order valence-corrected chi connectivity index (χ4v) is 3.92. The quantitative estimate of drug-likeness (QED) is 0.518. The Morgan fingerprint density at radius 3 is 2.73 bits per heavy atom. The summed E-state index contributed by atoms with van der Waals surface area (Å²) in [5.41, 5.74) is 3.57. The third-order valence-electron chi connectivity index (χ3n) is 5.55. The van der Waals surface area contributed by atoms with Crippen molar-refractivity contribution in [2.24, 2.45) is 0 Å². The van der Waals surface area contributed by atoms with Gasteiger partial charge in [0, 0.05) is 42.5 Å². The first-order valence-electron chi connectivity index (χ1n) is 10.3. The van der Waals surface area contributed by atoms with E-state index in [9.17, 15) is 0 Å². The summed E-state index contributed by atoms with van der Waals surface area (Å²) >= 11 is 0. The number of hydrogen-bond acceptors (Lipinski definition) is 7. The number of nitrogens with zero attached hydrogens (tertiary/aromatic N) is 6. The number of anilines is 1. The molecule has 1 aliphatic heterocycles. The first-order chi connectivity index (χ1) is 14.7. The first-order valence-corrected chi connectivity index (χ1v) is 10.3. The van der Waals surface area contributed by atoms with Crippen molar-refractivity contribution in [3.8, 4) is 22.8 Å². The molecule has 7 heteroatoms. The van der Waals surface area contributed by atoms with E-state index < -0.39 is 0 Å². The molecule has 0 atom stereocenters. The van der Waals surface area contributed by atoms with Crippen LogP contribution in [0.25, 0.3) is 33.7 Å². The normalized spacial score (nSPS) is 15.5. The Labute approximate surface area is 175 Å². The number of hydrogen-bond donors (Lipinski definition) is 0. The lowest BCUT2D eigenvalue weighted by Gasteiger charge is -2.21. The van der Waals surface area contributed by atoms with Crippen molar-refractivity contribution in [1.82, 2.24) is 25.0 Å². The molecule has 4 aromatic rings. The zero-order chi connectivity index (χ0) is 20.5. The zero-order valence-electron chi connectivity index (χ0n) is 17.2. The van der Waals surface area contributed by atoms with Gasteiger partial charge in [0.25, 0.3) is 5.89 Å². The van der Waals surface area contributed by atoms with Crippen LogP contribution in [0.2, 0.25) is 0 Å². The molecule has 3 aromatic heterocycles. The van der Waals surface area contributed by atoms with Gasteiger partial charge in [-0.25, -0.2) is 4.98 Å². The van der Waals surface area contributed by atoms with Crippen LogP contribution in [0.4, 0.5) is 5.82 Å². The SMILES string of the molecule is Cc1cc(-c2nc(-c3ccc(N4CCCN(C)CC4)nc3)no2)c2ccccc2n1. The van der Waals surface area contributed by atoms with Gasteiger partial charge in [-0.3, -0.25) is 4.98 Å². The summed E-state index contributed by atoms with van der Waals surface area (Å²) in [7, 11) is 2.17. The van der Waals surface area contributed by atoms with Crippen molar-refractivity contribution < 1.29 is 4.52 Å². The molecule has 0 radical (unpaired) electrons. The second kappa shape index (κ2) is 7.84. The van der Waals surface area contributed by atoms with Gasteiger partial charge in [0.1, 0.15) is 5.82 Å². The summed E-state index contributed by atoms with van der Waals surface area (Å²) in [5.74, 6) is 2.03. The molecule has 1 aromatic carbocycles. The molecular formula is C23H24N6O. The van der Waals surface area contributed by atoms with Gasteiger partial charge in [-0.1, -0.05) is 23.4 Å². The summed E-state index contributed by atoms with van der Waals surface area (Å²) in [6, 6.07) is 14.0. The van der Waals surface area contributed by atoms with E-state index in [4.69, 9.17) is 4.52 Å². The van der Waals surface area contributed by atoms with E-state index >= 15 is 0 Å². The van der Waals surface area contributed by atoms with E-state index in [-0.39, 0.29) is 0 Å². The minimum Gasteiger partial charge on any atom is -0.355 e. The van der Waals surface area contributed by atoms with Crippen LogP contribution in [0.5, 0.6) is 0 Å². The minimum atomic E-state index is 0.492. The lowest BCUT2D eigenvalue weighted by molar-refractivity contribution is 0.360. The smallest absolute Gasteiger partial charge is 0.258 e. The van der Waals surface area contributed by atoms with Crippen LogP contribution in [0.15, 0.2) is 53.2 Å². The maximum absolute atomic E-state index is 5.61. The molecule has 1 saturated heterocycles. The fourth-order valence-electron chi connectivity index (χ4n) is 3.92. The molecule has 0 saturated carbocycles. The van der Waals surface area contributed by atoms with Crippen molar-refractivity contribution >= 4 is 16.7 Å². The van der Waals surface area contributed by atoms with Crippen molar-refractivity contribution in [2.75, 3.05) is 38.1 Å². The van der Waals surface area contributed by atoms with Crippen molar-refractivity contribution in [2.45, 2.75) is 13.3 Å². The molecule has 7 nitrogen and oxygen atoms in total. The summed E-state index contributed by atoms with van der Waals surface area (Å²) in [6.07, 6.45) is 2.97. The van der Waals surface area contributed by atoms with Gasteiger partial charge in [-0.05, 0) is 51.2 Å². The highest BCUT2D eigenvalue weighted by atomic mass is 16.5. The molecule has 1 aliphatic rings. The zero-order valence-corrected chi connectivity index (χ0v) is 17.2. The van der Waals surface area contributed by atoms with Gasteiger partial charge < -0.3 is 14.3 Å². The summed E-state index contributed by atoms with van der Waals surface area (Å²) in [5, 5.41) is 5.20. The van der Waals surface area contributed by atoms with Crippen LogP contribution in [0, 0.1) is 6.92 Å². The molecular weight excluding hydrogens is 376 g/mol. The van der Waals surface area contributed by atoms with Crippen LogP contribution >= 0.6 is 0 Å². The van der Waals surface area contributed by atoms with Crippen molar-refractivity contribution in [3.05, 3.63) is 54.4 Å². The number of para-hydroxylation sites is 1. The average molecular weight is 400 g/mol. The lowest BCUT2D eigenvalue weighted by Crippen LogP contribution is -2.29. The Morgan fingerprint density at radius 2 is 1.87 bits per heavy atom. The molecule has 0 N–H and O–H groups in total. The molecule has 4 heterocycles. The van der Waals surface area contributed by atoms with E-state index in [0.29, 0.717) is 11.7 Å². The molecule has 0 amide bonds. The number of benzene rings is 1. The monoisotopic (exact) mass is 400 g/mol. The number of rotatable bonds is 3. The summed E-state index contributed by atoms with van der Waals surface area (Å²) in [4.78, 5) is 18.6. The van der Waals surface area contributed by atoms with E-state index in [1.165, 1.54) is 0 Å². The van der Waals surface area contributed by atoms with Crippen LogP contribution in [-0.2, 0) is 0 Å². The third kappa shape index (κ3) is 3.64. The van der Waals surface area contributed by atoms with Gasteiger partial charge in [0.05, 0.1) is 11.1 Å². The van der Waals surface area contributed by atoms with E-state index in [0.717, 1.165) is 66.1 Å². The fraction of sp³-hybridized carbons (Fsp3) is 0.304. The third-order valence-corrected chi connectivity index (χ3v) is 5.55. The Morgan fingerprint density at radius 1 is 0.967 bits per heavy atom. The van der Waals surface area contributed by atoms with Crippen molar-refractivity contribution in [1.29, 1.82) is 0 Å². The Balaban J connectivity index is 1.42. The van der Waals surface area contributed by atoms with Crippen LogP contribution in [0.1, 0.15) is 12.1 Å². The second-order valence-corrected chi connectivity index (χ2v) is 7.80. The maximum Gasteiger partial charge on any atom is 0.258 e. The summed E-state index contributed by atoms with van der Waals surface area (Å²) in [6.45, 7) is 6.16. The molecule has 5 rings (SSSR count). The first kappa shape index (κ1) is 18.7. The van der Waals surface area contributed by atoms with E-state index in [2.05, 4.69) is 37.0 Å². The van der Waals surface area contributed by atoms with Gasteiger partial charge in [0.2, 0.25) is 5.82 Å². The number of aryl methyl sites for hydroxylation is 1. The number of fused-ring (bicyclic) bond motifs is 1. The molecule has 0 bridgehead atoms. The van der Waals surface area contributed by atoms with Gasteiger partial charge in [-0.15, -0.1) is 0 Å².